The number of ether oxygens (including phenoxy) is 3. The van der Waals surface area contributed by atoms with Gasteiger partial charge in [-0.05, 0) is 33.6 Å². The summed E-state index contributed by atoms with van der Waals surface area (Å²) >= 11 is 3.29. The molecule has 0 saturated carbocycles. The van der Waals surface area contributed by atoms with E-state index in [2.05, 4.69) is 20.9 Å². The number of hydrogen-bond acceptors (Lipinski definition) is 6. The van der Waals surface area contributed by atoms with Crippen LogP contribution in [0.15, 0.2) is 22.3 Å². The first-order valence-electron chi connectivity index (χ1n) is 5.71. The molecule has 1 aliphatic rings. The zero-order valence-electron chi connectivity index (χ0n) is 11.1. The molecule has 1 aromatic rings. The van der Waals surface area contributed by atoms with Gasteiger partial charge < -0.3 is 14.2 Å². The molecule has 0 atom stereocenters. The van der Waals surface area contributed by atoms with E-state index in [1.165, 1.54) is 33.2 Å². The third kappa shape index (κ3) is 2.82. The minimum atomic E-state index is -1.25. The Morgan fingerprint density at radius 1 is 1.30 bits per heavy atom. The van der Waals surface area contributed by atoms with Gasteiger partial charge in [-0.25, -0.2) is 14.6 Å². The summed E-state index contributed by atoms with van der Waals surface area (Å²) < 4.78 is 15.6. The summed E-state index contributed by atoms with van der Waals surface area (Å²) in [6.07, 6.45) is 2.87. The lowest BCUT2D eigenvalue weighted by Crippen LogP contribution is -2.41. The van der Waals surface area contributed by atoms with E-state index in [9.17, 15) is 9.59 Å². The zero-order valence-corrected chi connectivity index (χ0v) is 12.7. The molecule has 7 heteroatoms. The maximum Gasteiger partial charge on any atom is 0.348 e. The highest BCUT2D eigenvalue weighted by atomic mass is 79.9. The van der Waals surface area contributed by atoms with Crippen LogP contribution in [-0.4, -0.2) is 29.8 Å². The third-order valence-electron chi connectivity index (χ3n) is 2.50. The first-order chi connectivity index (χ1) is 9.34. The van der Waals surface area contributed by atoms with Crippen LogP contribution in [0.1, 0.15) is 19.4 Å². The van der Waals surface area contributed by atoms with E-state index in [0.29, 0.717) is 15.9 Å². The van der Waals surface area contributed by atoms with Gasteiger partial charge in [0.1, 0.15) is 5.57 Å². The molecule has 0 spiro atoms. The van der Waals surface area contributed by atoms with E-state index >= 15 is 0 Å². The standard InChI is InChI=1S/C13H12BrNO5/c1-13(2)19-11(16)8(12(17)20-13)6-7-4-5-15-10(18-3)9(7)14/h4-6H,1-3H3. The van der Waals surface area contributed by atoms with E-state index in [4.69, 9.17) is 14.2 Å². The molecule has 1 aromatic heterocycles. The Balaban J connectivity index is 2.41. The van der Waals surface area contributed by atoms with E-state index in [1.54, 1.807) is 6.07 Å². The minimum Gasteiger partial charge on any atom is -0.480 e. The van der Waals surface area contributed by atoms with E-state index < -0.39 is 17.7 Å². The van der Waals surface area contributed by atoms with Crippen molar-refractivity contribution in [3.63, 3.8) is 0 Å². The SMILES string of the molecule is COc1nccc(C=C2C(=O)OC(C)(C)OC2=O)c1Br. The van der Waals surface area contributed by atoms with Crippen LogP contribution in [-0.2, 0) is 19.1 Å². The van der Waals surface area contributed by atoms with Crippen LogP contribution in [0.2, 0.25) is 0 Å². The van der Waals surface area contributed by atoms with Gasteiger partial charge in [0.15, 0.2) is 0 Å². The van der Waals surface area contributed by atoms with Crippen molar-refractivity contribution in [3.8, 4) is 5.88 Å². The number of rotatable bonds is 2. The fourth-order valence-electron chi connectivity index (χ4n) is 1.63. The van der Waals surface area contributed by atoms with E-state index in [-0.39, 0.29) is 5.57 Å². The second-order valence-electron chi connectivity index (χ2n) is 4.46. The molecular weight excluding hydrogens is 330 g/mol. The topological polar surface area (TPSA) is 74.7 Å². The number of methoxy groups -OCH3 is 1. The predicted molar refractivity (Wildman–Crippen MR) is 72.7 cm³/mol. The Labute approximate surface area is 123 Å². The zero-order chi connectivity index (χ0) is 14.9. The van der Waals surface area contributed by atoms with Crippen molar-refractivity contribution in [1.29, 1.82) is 0 Å². The number of halogens is 1. The monoisotopic (exact) mass is 341 g/mol. The number of carbonyl (C=O) groups is 2. The van der Waals surface area contributed by atoms with Crippen molar-refractivity contribution in [3.05, 3.63) is 27.9 Å². The van der Waals surface area contributed by atoms with Gasteiger partial charge in [0.05, 0.1) is 11.6 Å². The Kier molecular flexibility index (Phi) is 3.80. The highest BCUT2D eigenvalue weighted by molar-refractivity contribution is 9.10. The van der Waals surface area contributed by atoms with Gasteiger partial charge in [-0.3, -0.25) is 0 Å². The minimum absolute atomic E-state index is 0.182. The Morgan fingerprint density at radius 3 is 2.45 bits per heavy atom. The van der Waals surface area contributed by atoms with Gasteiger partial charge in [-0.1, -0.05) is 0 Å². The molecule has 0 radical (unpaired) electrons. The largest absolute Gasteiger partial charge is 0.480 e. The molecule has 6 nitrogen and oxygen atoms in total. The van der Waals surface area contributed by atoms with E-state index in [0.717, 1.165) is 0 Å². The van der Waals surface area contributed by atoms with Gasteiger partial charge in [-0.2, -0.15) is 0 Å². The van der Waals surface area contributed by atoms with Crippen LogP contribution < -0.4 is 4.74 Å². The third-order valence-corrected chi connectivity index (χ3v) is 3.29. The second kappa shape index (κ2) is 5.24. The van der Waals surface area contributed by atoms with Gasteiger partial charge in [-0.15, -0.1) is 0 Å². The molecule has 0 aliphatic carbocycles. The molecule has 0 aromatic carbocycles. The Hall–Kier alpha value is -1.89. The molecule has 0 unspecified atom stereocenters. The molecule has 106 valence electrons. The van der Waals surface area contributed by atoms with Crippen LogP contribution in [0.3, 0.4) is 0 Å². The van der Waals surface area contributed by atoms with Crippen LogP contribution >= 0.6 is 15.9 Å². The normalized spacial score (nSPS) is 17.3. The van der Waals surface area contributed by atoms with Crippen molar-refractivity contribution in [2.75, 3.05) is 7.11 Å². The number of cyclic esters (lactones) is 2. The van der Waals surface area contributed by atoms with Crippen LogP contribution in [0.25, 0.3) is 6.08 Å². The van der Waals surface area contributed by atoms with Crippen molar-refractivity contribution in [2.45, 2.75) is 19.6 Å². The quantitative estimate of drug-likeness (QED) is 0.465. The summed E-state index contributed by atoms with van der Waals surface area (Å²) in [4.78, 5) is 27.7. The molecule has 0 N–H and O–H groups in total. The summed E-state index contributed by atoms with van der Waals surface area (Å²) in [5.74, 6) is -2.36. The molecule has 2 rings (SSSR count). The van der Waals surface area contributed by atoms with Crippen molar-refractivity contribution < 1.29 is 23.8 Å². The van der Waals surface area contributed by atoms with Crippen molar-refractivity contribution >= 4 is 33.9 Å². The van der Waals surface area contributed by atoms with Gasteiger partial charge in [0, 0.05) is 20.0 Å². The predicted octanol–water partition coefficient (Wildman–Crippen LogP) is 2.07. The fourth-order valence-corrected chi connectivity index (χ4v) is 2.14. The molecular formula is C13H12BrNO5. The lowest BCUT2D eigenvalue weighted by Gasteiger charge is -2.29. The molecule has 1 fully saturated rings. The summed E-state index contributed by atoms with van der Waals surface area (Å²) in [6.45, 7) is 2.98. The number of nitrogens with zero attached hydrogens (tertiary/aromatic N) is 1. The number of aromatic nitrogens is 1. The molecule has 1 aliphatic heterocycles. The summed E-state index contributed by atoms with van der Waals surface area (Å²) in [6, 6.07) is 1.62. The Morgan fingerprint density at radius 2 is 1.90 bits per heavy atom. The maximum absolute atomic E-state index is 11.8. The molecule has 1 saturated heterocycles. The highest BCUT2D eigenvalue weighted by Crippen LogP contribution is 2.30. The number of carbonyl (C=O) groups excluding carboxylic acids is 2. The second-order valence-corrected chi connectivity index (χ2v) is 5.25. The van der Waals surface area contributed by atoms with Crippen LogP contribution in [0.5, 0.6) is 5.88 Å². The van der Waals surface area contributed by atoms with Gasteiger partial charge in [0.25, 0.3) is 5.79 Å². The molecule has 0 amide bonds. The number of esters is 2. The summed E-state index contributed by atoms with van der Waals surface area (Å²) in [7, 11) is 1.47. The number of pyridine rings is 1. The first kappa shape index (κ1) is 14.5. The average Bonchev–Trinajstić information content (AvgIpc) is 2.34. The van der Waals surface area contributed by atoms with Gasteiger partial charge in [0.2, 0.25) is 5.88 Å². The maximum atomic E-state index is 11.8. The van der Waals surface area contributed by atoms with Gasteiger partial charge >= 0.3 is 11.9 Å². The summed E-state index contributed by atoms with van der Waals surface area (Å²) in [5.41, 5.74) is 0.374. The van der Waals surface area contributed by atoms with Crippen molar-refractivity contribution in [2.24, 2.45) is 0 Å². The lowest BCUT2D eigenvalue weighted by atomic mass is 10.1. The molecule has 0 bridgehead atoms. The highest BCUT2D eigenvalue weighted by Gasteiger charge is 2.38. The first-order valence-corrected chi connectivity index (χ1v) is 6.50. The molecule has 20 heavy (non-hydrogen) atoms. The van der Waals surface area contributed by atoms with Crippen molar-refractivity contribution in [1.82, 2.24) is 4.98 Å². The average molecular weight is 342 g/mol. The summed E-state index contributed by atoms with van der Waals surface area (Å²) in [5, 5.41) is 0. The molecule has 2 heterocycles. The fraction of sp³-hybridized carbons (Fsp3) is 0.308. The van der Waals surface area contributed by atoms with Crippen LogP contribution in [0, 0.1) is 0 Å². The Bertz CT molecular complexity index is 587. The lowest BCUT2D eigenvalue weighted by molar-refractivity contribution is -0.222. The van der Waals surface area contributed by atoms with E-state index in [1.807, 2.05) is 0 Å². The number of hydrogen-bond donors (Lipinski definition) is 0. The van der Waals surface area contributed by atoms with Crippen LogP contribution in [0.4, 0.5) is 0 Å². The smallest absolute Gasteiger partial charge is 0.348 e.